The van der Waals surface area contributed by atoms with Crippen molar-refractivity contribution in [1.82, 2.24) is 5.32 Å². The van der Waals surface area contributed by atoms with Crippen molar-refractivity contribution in [1.29, 1.82) is 0 Å². The summed E-state index contributed by atoms with van der Waals surface area (Å²) in [4.78, 5) is 11.9. The van der Waals surface area contributed by atoms with Crippen molar-refractivity contribution in [2.45, 2.75) is 26.2 Å². The number of nitrogens with one attached hydrogen (secondary N) is 1. The molecule has 1 fully saturated rings. The summed E-state index contributed by atoms with van der Waals surface area (Å²) < 4.78 is 0.765. The Morgan fingerprint density at radius 1 is 1.50 bits per heavy atom. The fraction of sp³-hybridized carbons (Fsp3) is 0.500. The molecule has 2 unspecified atom stereocenters. The van der Waals surface area contributed by atoms with Crippen LogP contribution in [0.15, 0.2) is 22.7 Å². The SMILES string of the molecule is CC1CCC(CNC(=O)c2ccc(Br)cc2O)C1. The number of amides is 1. The lowest BCUT2D eigenvalue weighted by atomic mass is 10.1. The fourth-order valence-electron chi connectivity index (χ4n) is 2.54. The average molecular weight is 312 g/mol. The molecule has 0 heterocycles. The van der Waals surface area contributed by atoms with Gasteiger partial charge in [0.25, 0.3) is 5.91 Å². The number of phenolic OH excluding ortho intramolecular Hbond substituents is 1. The number of hydrogen-bond donors (Lipinski definition) is 2. The largest absolute Gasteiger partial charge is 0.507 e. The van der Waals surface area contributed by atoms with E-state index in [1.807, 2.05) is 0 Å². The molecule has 98 valence electrons. The number of halogens is 1. The first-order valence-corrected chi connectivity index (χ1v) is 7.12. The van der Waals surface area contributed by atoms with Crippen LogP contribution in [0, 0.1) is 11.8 Å². The van der Waals surface area contributed by atoms with Gasteiger partial charge in [-0.15, -0.1) is 0 Å². The summed E-state index contributed by atoms with van der Waals surface area (Å²) in [5.74, 6) is 1.18. The molecule has 0 spiro atoms. The van der Waals surface area contributed by atoms with Crippen LogP contribution in [0.5, 0.6) is 5.75 Å². The summed E-state index contributed by atoms with van der Waals surface area (Å²) in [5, 5.41) is 12.6. The summed E-state index contributed by atoms with van der Waals surface area (Å²) in [6.07, 6.45) is 3.63. The molecule has 1 aromatic rings. The zero-order valence-electron chi connectivity index (χ0n) is 10.4. The van der Waals surface area contributed by atoms with Crippen molar-refractivity contribution in [3.63, 3.8) is 0 Å². The Labute approximate surface area is 116 Å². The van der Waals surface area contributed by atoms with E-state index in [9.17, 15) is 9.90 Å². The van der Waals surface area contributed by atoms with Gasteiger partial charge in [-0.1, -0.05) is 29.3 Å². The van der Waals surface area contributed by atoms with E-state index in [0.717, 1.165) is 10.4 Å². The number of carbonyl (C=O) groups excluding carboxylic acids is 1. The van der Waals surface area contributed by atoms with Crippen LogP contribution in [0.3, 0.4) is 0 Å². The Bertz CT molecular complexity index is 447. The van der Waals surface area contributed by atoms with E-state index >= 15 is 0 Å². The maximum Gasteiger partial charge on any atom is 0.255 e. The minimum atomic E-state index is -0.195. The number of phenols is 1. The molecule has 0 aliphatic heterocycles. The Morgan fingerprint density at radius 2 is 2.28 bits per heavy atom. The van der Waals surface area contributed by atoms with Gasteiger partial charge >= 0.3 is 0 Å². The van der Waals surface area contributed by atoms with E-state index in [-0.39, 0.29) is 11.7 Å². The molecule has 1 aliphatic carbocycles. The standard InChI is InChI=1S/C14H18BrNO2/c1-9-2-3-10(6-9)8-16-14(18)12-5-4-11(15)7-13(12)17/h4-5,7,9-10,17H,2-3,6,8H2,1H3,(H,16,18). The molecule has 0 radical (unpaired) electrons. The molecular formula is C14H18BrNO2. The third kappa shape index (κ3) is 3.25. The van der Waals surface area contributed by atoms with E-state index in [1.54, 1.807) is 12.1 Å². The smallest absolute Gasteiger partial charge is 0.255 e. The van der Waals surface area contributed by atoms with Crippen molar-refractivity contribution in [2.75, 3.05) is 6.54 Å². The average Bonchev–Trinajstić information content (AvgIpc) is 2.72. The van der Waals surface area contributed by atoms with E-state index in [4.69, 9.17) is 0 Å². The predicted molar refractivity (Wildman–Crippen MR) is 74.6 cm³/mol. The maximum absolute atomic E-state index is 11.9. The zero-order chi connectivity index (χ0) is 13.1. The minimum Gasteiger partial charge on any atom is -0.507 e. The summed E-state index contributed by atoms with van der Waals surface area (Å²) in [6.45, 7) is 2.96. The van der Waals surface area contributed by atoms with Crippen LogP contribution in [0.1, 0.15) is 36.5 Å². The minimum absolute atomic E-state index is 0.0154. The molecule has 0 aromatic heterocycles. The molecule has 1 aromatic carbocycles. The second-order valence-electron chi connectivity index (χ2n) is 5.16. The van der Waals surface area contributed by atoms with Gasteiger partial charge in [0, 0.05) is 11.0 Å². The normalized spacial score (nSPS) is 23.0. The number of benzene rings is 1. The first-order valence-electron chi connectivity index (χ1n) is 6.33. The Hall–Kier alpha value is -1.03. The van der Waals surface area contributed by atoms with Crippen molar-refractivity contribution < 1.29 is 9.90 Å². The lowest BCUT2D eigenvalue weighted by Gasteiger charge is -2.12. The summed E-state index contributed by atoms with van der Waals surface area (Å²) in [6, 6.07) is 4.92. The van der Waals surface area contributed by atoms with Gasteiger partial charge in [0.1, 0.15) is 5.75 Å². The molecule has 2 rings (SSSR count). The van der Waals surface area contributed by atoms with Crippen LogP contribution in [0.2, 0.25) is 0 Å². The molecule has 4 heteroatoms. The van der Waals surface area contributed by atoms with Crippen molar-refractivity contribution in [3.05, 3.63) is 28.2 Å². The highest BCUT2D eigenvalue weighted by Crippen LogP contribution is 2.29. The molecule has 1 saturated carbocycles. The van der Waals surface area contributed by atoms with Gasteiger partial charge in [0.15, 0.2) is 0 Å². The molecule has 0 saturated heterocycles. The summed E-state index contributed by atoms with van der Waals surface area (Å²) >= 11 is 3.25. The van der Waals surface area contributed by atoms with Gasteiger partial charge in [0.2, 0.25) is 0 Å². The van der Waals surface area contributed by atoms with E-state index in [1.165, 1.54) is 25.3 Å². The van der Waals surface area contributed by atoms with Crippen LogP contribution < -0.4 is 5.32 Å². The van der Waals surface area contributed by atoms with Crippen LogP contribution in [0.4, 0.5) is 0 Å². The first kappa shape index (κ1) is 13.4. The van der Waals surface area contributed by atoms with Gasteiger partial charge in [-0.2, -0.15) is 0 Å². The Balaban J connectivity index is 1.91. The number of rotatable bonds is 3. The highest BCUT2D eigenvalue weighted by molar-refractivity contribution is 9.10. The zero-order valence-corrected chi connectivity index (χ0v) is 12.0. The topological polar surface area (TPSA) is 49.3 Å². The monoisotopic (exact) mass is 311 g/mol. The fourth-order valence-corrected chi connectivity index (χ4v) is 2.89. The lowest BCUT2D eigenvalue weighted by Crippen LogP contribution is -2.28. The van der Waals surface area contributed by atoms with Gasteiger partial charge in [-0.05, 0) is 42.9 Å². The molecule has 3 nitrogen and oxygen atoms in total. The van der Waals surface area contributed by atoms with Gasteiger partial charge < -0.3 is 10.4 Å². The molecule has 18 heavy (non-hydrogen) atoms. The van der Waals surface area contributed by atoms with Crippen molar-refractivity contribution in [2.24, 2.45) is 11.8 Å². The molecule has 2 atom stereocenters. The maximum atomic E-state index is 11.9. The third-order valence-electron chi connectivity index (χ3n) is 3.56. The molecule has 0 bridgehead atoms. The van der Waals surface area contributed by atoms with Crippen LogP contribution in [-0.2, 0) is 0 Å². The summed E-state index contributed by atoms with van der Waals surface area (Å²) in [5.41, 5.74) is 0.337. The predicted octanol–water partition coefficient (Wildman–Crippen LogP) is 3.32. The molecular weight excluding hydrogens is 294 g/mol. The molecule has 1 aliphatic rings. The Kier molecular flexibility index (Phi) is 4.27. The number of hydrogen-bond acceptors (Lipinski definition) is 2. The second kappa shape index (κ2) is 5.74. The van der Waals surface area contributed by atoms with Crippen LogP contribution in [0.25, 0.3) is 0 Å². The van der Waals surface area contributed by atoms with Gasteiger partial charge in [-0.25, -0.2) is 0 Å². The number of carbonyl (C=O) groups is 1. The first-order chi connectivity index (χ1) is 8.56. The summed E-state index contributed by atoms with van der Waals surface area (Å²) in [7, 11) is 0. The van der Waals surface area contributed by atoms with Crippen molar-refractivity contribution >= 4 is 21.8 Å². The lowest BCUT2D eigenvalue weighted by molar-refractivity contribution is 0.0944. The van der Waals surface area contributed by atoms with E-state index in [2.05, 4.69) is 28.2 Å². The van der Waals surface area contributed by atoms with Gasteiger partial charge in [-0.3, -0.25) is 4.79 Å². The van der Waals surface area contributed by atoms with E-state index in [0.29, 0.717) is 18.0 Å². The molecule has 1 amide bonds. The third-order valence-corrected chi connectivity index (χ3v) is 4.05. The molecule has 2 N–H and O–H groups in total. The number of aromatic hydroxyl groups is 1. The second-order valence-corrected chi connectivity index (χ2v) is 6.07. The van der Waals surface area contributed by atoms with Crippen LogP contribution in [-0.4, -0.2) is 17.6 Å². The van der Waals surface area contributed by atoms with Crippen molar-refractivity contribution in [3.8, 4) is 5.75 Å². The quantitative estimate of drug-likeness (QED) is 0.899. The highest BCUT2D eigenvalue weighted by atomic mass is 79.9. The highest BCUT2D eigenvalue weighted by Gasteiger charge is 2.22. The Morgan fingerprint density at radius 3 is 2.89 bits per heavy atom. The van der Waals surface area contributed by atoms with Gasteiger partial charge in [0.05, 0.1) is 5.56 Å². The van der Waals surface area contributed by atoms with E-state index < -0.39 is 0 Å². The van der Waals surface area contributed by atoms with Crippen LogP contribution >= 0.6 is 15.9 Å².